The second-order valence-electron chi connectivity index (χ2n) is 5.57. The van der Waals surface area contributed by atoms with Gasteiger partial charge in [-0.05, 0) is 43.3 Å². The molecular formula is C19H21N3O3S2. The Morgan fingerprint density at radius 2 is 1.74 bits per heavy atom. The van der Waals surface area contributed by atoms with E-state index in [9.17, 15) is 5.11 Å². The van der Waals surface area contributed by atoms with E-state index in [-0.39, 0.29) is 6.61 Å². The molecule has 0 aliphatic carbocycles. The number of aromatic nitrogens is 2. The smallest absolute Gasteiger partial charge is 0.206 e. The number of nitrogens with zero attached hydrogens (tertiary/aromatic N) is 2. The maximum absolute atomic E-state index is 10.1. The minimum Gasteiger partial charge on any atom is -0.491 e. The molecule has 2 N–H and O–H groups in total. The zero-order chi connectivity index (χ0) is 18.9. The topological polar surface area (TPSA) is 76.5 Å². The summed E-state index contributed by atoms with van der Waals surface area (Å²) >= 11 is 2.95. The molecule has 1 aromatic heterocycles. The van der Waals surface area contributed by atoms with E-state index < -0.39 is 6.10 Å². The molecule has 0 saturated heterocycles. The van der Waals surface area contributed by atoms with Crippen molar-refractivity contribution < 1.29 is 14.6 Å². The van der Waals surface area contributed by atoms with Crippen LogP contribution in [0, 0.1) is 0 Å². The van der Waals surface area contributed by atoms with E-state index in [0.717, 1.165) is 27.5 Å². The van der Waals surface area contributed by atoms with E-state index >= 15 is 0 Å². The molecule has 0 fully saturated rings. The Balaban J connectivity index is 1.41. The fourth-order valence-corrected chi connectivity index (χ4v) is 3.88. The van der Waals surface area contributed by atoms with Gasteiger partial charge in [0.2, 0.25) is 5.13 Å². The van der Waals surface area contributed by atoms with Gasteiger partial charge < -0.3 is 19.9 Å². The van der Waals surface area contributed by atoms with Crippen LogP contribution in [0.3, 0.4) is 0 Å². The number of hydrogen-bond acceptors (Lipinski definition) is 8. The van der Waals surface area contributed by atoms with Crippen molar-refractivity contribution in [3.05, 3.63) is 54.6 Å². The monoisotopic (exact) mass is 403 g/mol. The minimum atomic E-state index is -0.596. The number of para-hydroxylation sites is 1. The van der Waals surface area contributed by atoms with Crippen molar-refractivity contribution in [1.82, 2.24) is 10.2 Å². The van der Waals surface area contributed by atoms with Crippen molar-refractivity contribution in [3.63, 3.8) is 0 Å². The summed E-state index contributed by atoms with van der Waals surface area (Å²) in [4.78, 5) is 0. The summed E-state index contributed by atoms with van der Waals surface area (Å²) in [5, 5.41) is 22.1. The summed E-state index contributed by atoms with van der Waals surface area (Å²) in [5.41, 5.74) is 0. The quantitative estimate of drug-likeness (QED) is 0.489. The van der Waals surface area contributed by atoms with Crippen LogP contribution in [0.2, 0.25) is 0 Å². The third-order valence-corrected chi connectivity index (χ3v) is 5.54. The Hall–Kier alpha value is -2.29. The van der Waals surface area contributed by atoms with E-state index in [1.807, 2.05) is 61.5 Å². The van der Waals surface area contributed by atoms with Crippen LogP contribution in [0.4, 0.5) is 5.13 Å². The van der Waals surface area contributed by atoms with Crippen molar-refractivity contribution in [2.75, 3.05) is 24.2 Å². The molecule has 8 heteroatoms. The fraction of sp³-hybridized carbons (Fsp3) is 0.263. The van der Waals surface area contributed by atoms with Gasteiger partial charge in [0.1, 0.15) is 23.9 Å². The van der Waals surface area contributed by atoms with Crippen LogP contribution in [-0.2, 0) is 0 Å². The first-order valence-corrected chi connectivity index (χ1v) is 10.4. The van der Waals surface area contributed by atoms with E-state index in [4.69, 9.17) is 9.47 Å². The molecule has 142 valence electrons. The van der Waals surface area contributed by atoms with Crippen molar-refractivity contribution >= 4 is 28.2 Å². The third-order valence-electron chi connectivity index (χ3n) is 3.38. The summed E-state index contributed by atoms with van der Waals surface area (Å²) < 4.78 is 12.2. The summed E-state index contributed by atoms with van der Waals surface area (Å²) in [6.45, 7) is 3.03. The Kier molecular flexibility index (Phi) is 7.32. The molecule has 0 radical (unpaired) electrons. The number of ether oxygens (including phenoxy) is 2. The van der Waals surface area contributed by atoms with Crippen LogP contribution >= 0.6 is 23.1 Å². The Bertz CT molecular complexity index is 813. The first-order valence-electron chi connectivity index (χ1n) is 8.57. The van der Waals surface area contributed by atoms with Crippen molar-refractivity contribution in [2.45, 2.75) is 17.4 Å². The summed E-state index contributed by atoms with van der Waals surface area (Å²) in [6, 6.07) is 16.9. The Labute approximate surface area is 166 Å². The predicted molar refractivity (Wildman–Crippen MR) is 109 cm³/mol. The summed E-state index contributed by atoms with van der Waals surface area (Å²) in [7, 11) is 0. The van der Waals surface area contributed by atoms with Gasteiger partial charge in [0.25, 0.3) is 0 Å². The molecule has 0 unspecified atom stereocenters. The average Bonchev–Trinajstić information content (AvgIpc) is 3.14. The van der Waals surface area contributed by atoms with Crippen molar-refractivity contribution in [2.24, 2.45) is 0 Å². The lowest BCUT2D eigenvalue weighted by Crippen LogP contribution is -2.19. The van der Waals surface area contributed by atoms with Crippen LogP contribution in [0.5, 0.6) is 17.2 Å². The van der Waals surface area contributed by atoms with Crippen molar-refractivity contribution in [3.8, 4) is 17.2 Å². The largest absolute Gasteiger partial charge is 0.491 e. The van der Waals surface area contributed by atoms with Gasteiger partial charge in [0.15, 0.2) is 4.34 Å². The molecule has 1 heterocycles. The molecule has 0 bridgehead atoms. The summed E-state index contributed by atoms with van der Waals surface area (Å²) in [6.07, 6.45) is -0.596. The van der Waals surface area contributed by atoms with E-state index in [1.165, 1.54) is 23.1 Å². The van der Waals surface area contributed by atoms with Crippen LogP contribution in [0.15, 0.2) is 58.9 Å². The van der Waals surface area contributed by atoms with Gasteiger partial charge >= 0.3 is 0 Å². The normalized spacial score (nSPS) is 11.8. The third kappa shape index (κ3) is 6.42. The maximum atomic E-state index is 10.1. The molecule has 0 spiro atoms. The highest BCUT2D eigenvalue weighted by Gasteiger charge is 2.10. The van der Waals surface area contributed by atoms with Gasteiger partial charge in [-0.25, -0.2) is 0 Å². The van der Waals surface area contributed by atoms with Crippen molar-refractivity contribution in [1.29, 1.82) is 0 Å². The minimum absolute atomic E-state index is 0.213. The number of aliphatic hydroxyl groups is 1. The number of nitrogens with one attached hydrogen (secondary N) is 1. The first kappa shape index (κ1) is 19.5. The van der Waals surface area contributed by atoms with Crippen LogP contribution < -0.4 is 14.8 Å². The molecule has 3 rings (SSSR count). The fourth-order valence-electron chi connectivity index (χ4n) is 2.13. The number of aliphatic hydroxyl groups excluding tert-OH is 1. The van der Waals surface area contributed by atoms with E-state index in [1.54, 1.807) is 0 Å². The zero-order valence-electron chi connectivity index (χ0n) is 14.9. The lowest BCUT2D eigenvalue weighted by molar-refractivity contribution is 0.126. The Morgan fingerprint density at radius 1 is 1.04 bits per heavy atom. The second kappa shape index (κ2) is 10.1. The average molecular weight is 404 g/mol. The van der Waals surface area contributed by atoms with Crippen LogP contribution in [0.1, 0.15) is 6.92 Å². The van der Waals surface area contributed by atoms with Gasteiger partial charge in [-0.3, -0.25) is 0 Å². The SMILES string of the molecule is CCNc1nnc(SC[C@H](O)COc2ccc(Oc3ccccc3)cc2)s1. The molecule has 27 heavy (non-hydrogen) atoms. The number of rotatable bonds is 10. The van der Waals surface area contributed by atoms with E-state index in [2.05, 4.69) is 15.5 Å². The number of hydrogen-bond donors (Lipinski definition) is 2. The molecular weight excluding hydrogens is 382 g/mol. The van der Waals surface area contributed by atoms with Crippen LogP contribution in [-0.4, -0.2) is 40.3 Å². The molecule has 0 saturated carbocycles. The molecule has 2 aromatic carbocycles. The van der Waals surface area contributed by atoms with Gasteiger partial charge in [-0.15, -0.1) is 10.2 Å². The first-order chi connectivity index (χ1) is 13.2. The Morgan fingerprint density at radius 3 is 2.48 bits per heavy atom. The summed E-state index contributed by atoms with van der Waals surface area (Å²) in [5.74, 6) is 2.70. The zero-order valence-corrected chi connectivity index (χ0v) is 16.5. The van der Waals surface area contributed by atoms with Crippen LogP contribution in [0.25, 0.3) is 0 Å². The lowest BCUT2D eigenvalue weighted by Gasteiger charge is -2.12. The van der Waals surface area contributed by atoms with Gasteiger partial charge in [-0.1, -0.05) is 41.3 Å². The molecule has 0 aliphatic rings. The molecule has 0 amide bonds. The second-order valence-corrected chi connectivity index (χ2v) is 7.81. The van der Waals surface area contributed by atoms with E-state index in [0.29, 0.717) is 11.5 Å². The number of benzene rings is 2. The van der Waals surface area contributed by atoms with Gasteiger partial charge in [0.05, 0.1) is 6.10 Å². The lowest BCUT2D eigenvalue weighted by atomic mass is 10.3. The number of anilines is 1. The molecule has 6 nitrogen and oxygen atoms in total. The highest BCUT2D eigenvalue weighted by molar-refractivity contribution is 8.01. The predicted octanol–water partition coefficient (Wildman–Crippen LogP) is 4.29. The standard InChI is InChI=1S/C19H21N3O3S2/c1-2-20-18-21-22-19(27-18)26-13-14(23)12-24-15-8-10-17(11-9-15)25-16-6-4-3-5-7-16/h3-11,14,23H,2,12-13H2,1H3,(H,20,21)/t14-/m1/s1. The number of thioether (sulfide) groups is 1. The highest BCUT2D eigenvalue weighted by Crippen LogP contribution is 2.26. The maximum Gasteiger partial charge on any atom is 0.206 e. The molecule has 1 atom stereocenters. The van der Waals surface area contributed by atoms with Gasteiger partial charge in [-0.2, -0.15) is 0 Å². The molecule has 3 aromatic rings. The highest BCUT2D eigenvalue weighted by atomic mass is 32.2. The van der Waals surface area contributed by atoms with Gasteiger partial charge in [0, 0.05) is 12.3 Å². The molecule has 0 aliphatic heterocycles.